The SMILES string of the molecule is CC[C@H](C)C[C@](CC)(CN)OC. The minimum atomic E-state index is -0.0740. The topological polar surface area (TPSA) is 35.2 Å². The predicted molar refractivity (Wildman–Crippen MR) is 53.2 cm³/mol. The maximum atomic E-state index is 5.71. The zero-order valence-corrected chi connectivity index (χ0v) is 8.89. The molecule has 0 heterocycles. The Morgan fingerprint density at radius 3 is 2.25 bits per heavy atom. The molecule has 0 aromatic carbocycles. The van der Waals surface area contributed by atoms with Gasteiger partial charge in [-0.15, -0.1) is 0 Å². The van der Waals surface area contributed by atoms with Crippen LogP contribution >= 0.6 is 0 Å². The van der Waals surface area contributed by atoms with Crippen LogP contribution in [0.25, 0.3) is 0 Å². The van der Waals surface area contributed by atoms with Crippen LogP contribution in [0, 0.1) is 5.92 Å². The smallest absolute Gasteiger partial charge is 0.0800 e. The molecule has 0 aliphatic heterocycles. The molecule has 0 aromatic heterocycles. The van der Waals surface area contributed by atoms with Crippen LogP contribution in [0.3, 0.4) is 0 Å². The van der Waals surface area contributed by atoms with E-state index in [-0.39, 0.29) is 5.60 Å². The first-order valence-electron chi connectivity index (χ1n) is 4.89. The van der Waals surface area contributed by atoms with Crippen LogP contribution in [0.4, 0.5) is 0 Å². The van der Waals surface area contributed by atoms with E-state index in [1.807, 2.05) is 0 Å². The Morgan fingerprint density at radius 2 is 2.00 bits per heavy atom. The van der Waals surface area contributed by atoms with Gasteiger partial charge in [0.05, 0.1) is 5.60 Å². The van der Waals surface area contributed by atoms with Gasteiger partial charge in [-0.05, 0) is 18.8 Å². The summed E-state index contributed by atoms with van der Waals surface area (Å²) < 4.78 is 5.48. The summed E-state index contributed by atoms with van der Waals surface area (Å²) in [6, 6.07) is 0. The fraction of sp³-hybridized carbons (Fsp3) is 1.00. The van der Waals surface area contributed by atoms with E-state index in [2.05, 4.69) is 20.8 Å². The number of methoxy groups -OCH3 is 1. The van der Waals surface area contributed by atoms with Crippen molar-refractivity contribution in [3.05, 3.63) is 0 Å². The molecule has 0 bridgehead atoms. The predicted octanol–water partition coefficient (Wildman–Crippen LogP) is 2.18. The van der Waals surface area contributed by atoms with Gasteiger partial charge in [0.15, 0.2) is 0 Å². The van der Waals surface area contributed by atoms with E-state index in [1.165, 1.54) is 6.42 Å². The molecule has 2 heteroatoms. The van der Waals surface area contributed by atoms with Crippen molar-refractivity contribution >= 4 is 0 Å². The summed E-state index contributed by atoms with van der Waals surface area (Å²) in [5.74, 6) is 0.702. The number of hydrogen-bond acceptors (Lipinski definition) is 2. The molecule has 0 aliphatic rings. The van der Waals surface area contributed by atoms with Crippen molar-refractivity contribution in [1.29, 1.82) is 0 Å². The lowest BCUT2D eigenvalue weighted by molar-refractivity contribution is -0.0238. The highest BCUT2D eigenvalue weighted by Crippen LogP contribution is 2.24. The first-order valence-corrected chi connectivity index (χ1v) is 4.89. The van der Waals surface area contributed by atoms with Gasteiger partial charge in [0.2, 0.25) is 0 Å². The van der Waals surface area contributed by atoms with E-state index in [0.717, 1.165) is 12.8 Å². The van der Waals surface area contributed by atoms with Crippen LogP contribution in [-0.4, -0.2) is 19.3 Å². The summed E-state index contributed by atoms with van der Waals surface area (Å²) in [6.07, 6.45) is 3.28. The maximum Gasteiger partial charge on any atom is 0.0800 e. The first kappa shape index (κ1) is 11.9. The standard InChI is InChI=1S/C10H23NO/c1-5-9(3)7-10(6-2,8-11)12-4/h9H,5-8,11H2,1-4H3/t9-,10+/m0/s1. The monoisotopic (exact) mass is 173 g/mol. The third-order valence-electron chi connectivity index (χ3n) is 2.87. The van der Waals surface area contributed by atoms with Gasteiger partial charge >= 0.3 is 0 Å². The van der Waals surface area contributed by atoms with Crippen molar-refractivity contribution < 1.29 is 4.74 Å². The zero-order valence-electron chi connectivity index (χ0n) is 8.89. The molecule has 0 spiro atoms. The van der Waals surface area contributed by atoms with Gasteiger partial charge < -0.3 is 10.5 Å². The van der Waals surface area contributed by atoms with Gasteiger partial charge in [0.1, 0.15) is 0 Å². The summed E-state index contributed by atoms with van der Waals surface area (Å²) in [6.45, 7) is 7.22. The van der Waals surface area contributed by atoms with Gasteiger partial charge in [-0.1, -0.05) is 27.2 Å². The number of rotatable bonds is 6. The number of hydrogen-bond donors (Lipinski definition) is 1. The summed E-state index contributed by atoms with van der Waals surface area (Å²) in [4.78, 5) is 0. The Hall–Kier alpha value is -0.0800. The normalized spacial score (nSPS) is 18.8. The molecular weight excluding hydrogens is 150 g/mol. The first-order chi connectivity index (χ1) is 5.64. The zero-order chi connectivity index (χ0) is 9.61. The Balaban J connectivity index is 4.09. The molecule has 74 valence electrons. The van der Waals surface area contributed by atoms with Gasteiger partial charge in [-0.25, -0.2) is 0 Å². The second-order valence-corrected chi connectivity index (χ2v) is 3.66. The quantitative estimate of drug-likeness (QED) is 0.668. The molecule has 0 rings (SSSR count). The van der Waals surface area contributed by atoms with E-state index in [4.69, 9.17) is 10.5 Å². The van der Waals surface area contributed by atoms with Crippen molar-refractivity contribution in [1.82, 2.24) is 0 Å². The molecule has 0 unspecified atom stereocenters. The van der Waals surface area contributed by atoms with E-state index < -0.39 is 0 Å². The molecule has 0 aromatic rings. The highest BCUT2D eigenvalue weighted by Gasteiger charge is 2.27. The molecule has 0 saturated carbocycles. The molecular formula is C10H23NO. The van der Waals surface area contributed by atoms with Crippen LogP contribution < -0.4 is 5.73 Å². The average Bonchev–Trinajstić information content (AvgIpc) is 2.14. The molecule has 2 atom stereocenters. The Bertz CT molecular complexity index is 102. The van der Waals surface area contributed by atoms with Crippen LogP contribution in [0.15, 0.2) is 0 Å². The Morgan fingerprint density at radius 1 is 1.42 bits per heavy atom. The van der Waals surface area contributed by atoms with E-state index in [1.54, 1.807) is 7.11 Å². The highest BCUT2D eigenvalue weighted by molar-refractivity contribution is 4.81. The molecule has 0 aliphatic carbocycles. The van der Waals surface area contributed by atoms with Crippen molar-refractivity contribution in [2.75, 3.05) is 13.7 Å². The fourth-order valence-electron chi connectivity index (χ4n) is 1.46. The summed E-state index contributed by atoms with van der Waals surface area (Å²) in [5, 5.41) is 0. The van der Waals surface area contributed by atoms with E-state index >= 15 is 0 Å². The van der Waals surface area contributed by atoms with Gasteiger partial charge in [0.25, 0.3) is 0 Å². The molecule has 0 amide bonds. The Kier molecular flexibility index (Phi) is 5.51. The van der Waals surface area contributed by atoms with Gasteiger partial charge in [-0.3, -0.25) is 0 Å². The second-order valence-electron chi connectivity index (χ2n) is 3.66. The van der Waals surface area contributed by atoms with Crippen LogP contribution in [0.2, 0.25) is 0 Å². The van der Waals surface area contributed by atoms with Gasteiger partial charge in [-0.2, -0.15) is 0 Å². The molecule has 2 nitrogen and oxygen atoms in total. The van der Waals surface area contributed by atoms with E-state index in [9.17, 15) is 0 Å². The summed E-state index contributed by atoms with van der Waals surface area (Å²) >= 11 is 0. The third-order valence-corrected chi connectivity index (χ3v) is 2.87. The Labute approximate surface area is 76.5 Å². The molecule has 0 fully saturated rings. The van der Waals surface area contributed by atoms with Crippen molar-refractivity contribution in [3.8, 4) is 0 Å². The third kappa shape index (κ3) is 3.11. The highest BCUT2D eigenvalue weighted by atomic mass is 16.5. The van der Waals surface area contributed by atoms with Crippen LogP contribution in [0.1, 0.15) is 40.0 Å². The lowest BCUT2D eigenvalue weighted by Crippen LogP contribution is -2.40. The molecule has 0 saturated heterocycles. The van der Waals surface area contributed by atoms with Crippen molar-refractivity contribution in [2.24, 2.45) is 11.7 Å². The van der Waals surface area contributed by atoms with Crippen molar-refractivity contribution in [3.63, 3.8) is 0 Å². The largest absolute Gasteiger partial charge is 0.377 e. The fourth-order valence-corrected chi connectivity index (χ4v) is 1.46. The average molecular weight is 173 g/mol. The summed E-state index contributed by atoms with van der Waals surface area (Å²) in [7, 11) is 1.76. The minimum Gasteiger partial charge on any atom is -0.377 e. The van der Waals surface area contributed by atoms with Crippen LogP contribution in [0.5, 0.6) is 0 Å². The summed E-state index contributed by atoms with van der Waals surface area (Å²) in [5.41, 5.74) is 5.63. The van der Waals surface area contributed by atoms with Crippen LogP contribution in [-0.2, 0) is 4.74 Å². The lowest BCUT2D eigenvalue weighted by Gasteiger charge is -2.32. The van der Waals surface area contributed by atoms with Crippen molar-refractivity contribution in [2.45, 2.75) is 45.6 Å². The number of ether oxygens (including phenoxy) is 1. The maximum absolute atomic E-state index is 5.71. The second kappa shape index (κ2) is 5.55. The minimum absolute atomic E-state index is 0.0740. The number of nitrogens with two attached hydrogens (primary N) is 1. The molecule has 2 N–H and O–H groups in total. The lowest BCUT2D eigenvalue weighted by atomic mass is 9.88. The van der Waals surface area contributed by atoms with Gasteiger partial charge in [0, 0.05) is 13.7 Å². The van der Waals surface area contributed by atoms with E-state index in [0.29, 0.717) is 12.5 Å². The molecule has 0 radical (unpaired) electrons. The molecule has 12 heavy (non-hydrogen) atoms.